The van der Waals surface area contributed by atoms with Crippen LogP contribution in [0.5, 0.6) is 0 Å². The molecule has 0 fully saturated rings. The number of anilines is 2. The Morgan fingerprint density at radius 2 is 1.75 bits per heavy atom. The Hall–Kier alpha value is -3.21. The average Bonchev–Trinajstić information content (AvgIpc) is 3.31. The monoisotopic (exact) mass is 488 g/mol. The summed E-state index contributed by atoms with van der Waals surface area (Å²) in [4.78, 5) is 30.2. The van der Waals surface area contributed by atoms with Gasteiger partial charge in [-0.1, -0.05) is 11.6 Å². The number of urea groups is 1. The molecule has 11 heteroatoms. The lowest BCUT2D eigenvalue weighted by Crippen LogP contribution is -2.34. The van der Waals surface area contributed by atoms with Crippen molar-refractivity contribution < 1.29 is 18.0 Å². The van der Waals surface area contributed by atoms with E-state index in [9.17, 15) is 18.0 Å². The van der Waals surface area contributed by atoms with Crippen LogP contribution in [0.15, 0.2) is 57.7 Å². The molecule has 4 rings (SSSR count). The second-order valence-corrected chi connectivity index (χ2v) is 10.5. The minimum absolute atomic E-state index is 0.0392. The van der Waals surface area contributed by atoms with Gasteiger partial charge >= 0.3 is 6.03 Å². The number of ketones is 1. The average molecular weight is 489 g/mol. The highest BCUT2D eigenvalue weighted by Gasteiger charge is 2.27. The minimum Gasteiger partial charge on any atom is -0.388 e. The Kier molecular flexibility index (Phi) is 5.76. The molecule has 3 aromatic rings. The van der Waals surface area contributed by atoms with Gasteiger partial charge in [0.1, 0.15) is 9.92 Å². The van der Waals surface area contributed by atoms with Crippen LogP contribution in [0, 0.1) is 6.92 Å². The molecule has 0 bridgehead atoms. The number of rotatable bonds is 5. The maximum Gasteiger partial charge on any atom is 0.333 e. The maximum absolute atomic E-state index is 12.7. The predicted octanol–water partition coefficient (Wildman–Crippen LogP) is 4.58. The van der Waals surface area contributed by atoms with Crippen LogP contribution in [0.3, 0.4) is 0 Å². The van der Waals surface area contributed by atoms with E-state index in [0.29, 0.717) is 16.8 Å². The van der Waals surface area contributed by atoms with Gasteiger partial charge in [-0.25, -0.2) is 22.9 Å². The van der Waals surface area contributed by atoms with Gasteiger partial charge in [-0.2, -0.15) is 0 Å². The van der Waals surface area contributed by atoms with E-state index in [0.717, 1.165) is 21.9 Å². The summed E-state index contributed by atoms with van der Waals surface area (Å²) in [6.07, 6.45) is 0. The van der Waals surface area contributed by atoms with E-state index in [2.05, 4.69) is 15.6 Å². The predicted molar refractivity (Wildman–Crippen MR) is 126 cm³/mol. The van der Waals surface area contributed by atoms with Gasteiger partial charge in [-0.05, 0) is 55.5 Å². The van der Waals surface area contributed by atoms with E-state index in [1.807, 2.05) is 4.72 Å². The normalized spacial score (nSPS) is 12.8. The second-order valence-electron chi connectivity index (χ2n) is 6.89. The number of hydrogen-bond acceptors (Lipinski definition) is 7. The number of Topliss-reactive ketones (excluding diaryl/α,β-unsaturated/α-hetero) is 1. The van der Waals surface area contributed by atoms with Crippen molar-refractivity contribution >= 4 is 67.5 Å². The first-order chi connectivity index (χ1) is 15.2. The van der Waals surface area contributed by atoms with Crippen molar-refractivity contribution in [3.05, 3.63) is 69.6 Å². The molecule has 32 heavy (non-hydrogen) atoms. The lowest BCUT2D eigenvalue weighted by Gasteiger charge is -2.09. The Bertz CT molecular complexity index is 1400. The molecule has 2 amide bonds. The smallest absolute Gasteiger partial charge is 0.333 e. The van der Waals surface area contributed by atoms with E-state index in [-0.39, 0.29) is 26.4 Å². The molecule has 2 aromatic carbocycles. The molecule has 1 aromatic heterocycles. The summed E-state index contributed by atoms with van der Waals surface area (Å²) in [5.74, 6) is -0.250. The van der Waals surface area contributed by atoms with Crippen molar-refractivity contribution in [2.45, 2.75) is 11.1 Å². The number of sulfonamides is 1. The third-order valence-electron chi connectivity index (χ3n) is 4.67. The summed E-state index contributed by atoms with van der Waals surface area (Å²) in [6, 6.07) is 11.9. The first kappa shape index (κ1) is 22.0. The largest absolute Gasteiger partial charge is 0.388 e. The molecule has 8 nitrogen and oxygen atoms in total. The zero-order valence-electron chi connectivity index (χ0n) is 16.9. The van der Waals surface area contributed by atoms with Crippen molar-refractivity contribution in [2.75, 3.05) is 17.7 Å². The quantitative estimate of drug-likeness (QED) is 0.486. The number of halogens is 1. The summed E-state index contributed by atoms with van der Waals surface area (Å²) >= 11 is 7.42. The SMILES string of the molecule is CNc1ccc2c(c1)N=C(c1ccc(NC(=O)NS(=O)(=O)c3ccc(C)s3)cc1Cl)C2=O. The summed E-state index contributed by atoms with van der Waals surface area (Å²) in [5.41, 5.74) is 2.71. The summed E-state index contributed by atoms with van der Waals surface area (Å²) in [6.45, 7) is 1.77. The van der Waals surface area contributed by atoms with E-state index < -0.39 is 16.1 Å². The third-order valence-corrected chi connectivity index (χ3v) is 7.80. The van der Waals surface area contributed by atoms with E-state index >= 15 is 0 Å². The van der Waals surface area contributed by atoms with Crippen molar-refractivity contribution in [3.63, 3.8) is 0 Å². The number of amides is 2. The van der Waals surface area contributed by atoms with Crippen LogP contribution in [-0.4, -0.2) is 33.0 Å². The van der Waals surface area contributed by atoms with Crippen LogP contribution >= 0.6 is 22.9 Å². The van der Waals surface area contributed by atoms with Gasteiger partial charge in [0.15, 0.2) is 0 Å². The molecule has 0 atom stereocenters. The number of nitrogens with zero attached hydrogens (tertiary/aromatic N) is 1. The number of hydrogen-bond donors (Lipinski definition) is 3. The van der Waals surface area contributed by atoms with Crippen molar-refractivity contribution in [1.82, 2.24) is 4.72 Å². The zero-order valence-corrected chi connectivity index (χ0v) is 19.3. The van der Waals surface area contributed by atoms with Crippen LogP contribution in [-0.2, 0) is 10.0 Å². The number of carbonyl (C=O) groups is 2. The highest BCUT2D eigenvalue weighted by Crippen LogP contribution is 2.33. The molecule has 164 valence electrons. The first-order valence-corrected chi connectivity index (χ1v) is 12.0. The number of carbonyl (C=O) groups excluding carboxylic acids is 2. The molecule has 0 spiro atoms. The Labute approximate surface area is 193 Å². The van der Waals surface area contributed by atoms with Crippen molar-refractivity contribution in [3.8, 4) is 0 Å². The fraction of sp³-hybridized carbons (Fsp3) is 0.0952. The topological polar surface area (TPSA) is 117 Å². The van der Waals surface area contributed by atoms with Gasteiger partial charge in [-0.3, -0.25) is 4.79 Å². The second kappa shape index (κ2) is 8.38. The lowest BCUT2D eigenvalue weighted by atomic mass is 10.0. The van der Waals surface area contributed by atoms with Crippen molar-refractivity contribution in [1.29, 1.82) is 0 Å². The van der Waals surface area contributed by atoms with Crippen LogP contribution < -0.4 is 15.4 Å². The molecule has 1 aliphatic rings. The van der Waals surface area contributed by atoms with Gasteiger partial charge in [0.25, 0.3) is 10.0 Å². The molecule has 0 saturated heterocycles. The standard InChI is InChI=1S/C21H17ClN4O4S2/c1-11-3-8-18(31-11)32(29,30)26-21(28)24-13-5-6-14(16(22)9-13)19-20(27)15-7-4-12(23-2)10-17(15)25-19/h3-10,23H,1-2H3,(H2,24,26,28). The van der Waals surface area contributed by atoms with E-state index in [4.69, 9.17) is 11.6 Å². The molecule has 0 aliphatic carbocycles. The number of aryl methyl sites for hydroxylation is 1. The molecule has 0 radical (unpaired) electrons. The molecule has 0 unspecified atom stereocenters. The van der Waals surface area contributed by atoms with Crippen molar-refractivity contribution in [2.24, 2.45) is 4.99 Å². The fourth-order valence-electron chi connectivity index (χ4n) is 3.12. The van der Waals surface area contributed by atoms with Crippen LogP contribution in [0.4, 0.5) is 21.9 Å². The molecule has 1 aliphatic heterocycles. The highest BCUT2D eigenvalue weighted by atomic mass is 35.5. The van der Waals surface area contributed by atoms with E-state index in [1.54, 1.807) is 44.3 Å². The zero-order chi connectivity index (χ0) is 23.0. The molecular formula is C21H17ClN4O4S2. The van der Waals surface area contributed by atoms with Gasteiger partial charge in [0.05, 0.1) is 16.3 Å². The molecular weight excluding hydrogens is 472 g/mol. The number of aliphatic imine (C=N–C) groups is 1. The molecule has 0 saturated carbocycles. The Balaban J connectivity index is 1.51. The fourth-order valence-corrected chi connectivity index (χ4v) is 5.58. The summed E-state index contributed by atoms with van der Waals surface area (Å²) in [5, 5.41) is 5.62. The minimum atomic E-state index is -3.98. The molecule has 3 N–H and O–H groups in total. The number of fused-ring (bicyclic) bond motifs is 1. The van der Waals surface area contributed by atoms with Gasteiger partial charge in [0, 0.05) is 28.9 Å². The maximum atomic E-state index is 12.7. The van der Waals surface area contributed by atoms with Crippen LogP contribution in [0.2, 0.25) is 5.02 Å². The Morgan fingerprint density at radius 1 is 1.03 bits per heavy atom. The number of benzene rings is 2. The van der Waals surface area contributed by atoms with Gasteiger partial charge in [0.2, 0.25) is 5.78 Å². The number of nitrogens with one attached hydrogen (secondary N) is 3. The van der Waals surface area contributed by atoms with Gasteiger partial charge < -0.3 is 10.6 Å². The highest BCUT2D eigenvalue weighted by molar-refractivity contribution is 7.92. The third kappa shape index (κ3) is 4.24. The lowest BCUT2D eigenvalue weighted by molar-refractivity contribution is 0.107. The van der Waals surface area contributed by atoms with Crippen LogP contribution in [0.1, 0.15) is 20.8 Å². The Morgan fingerprint density at radius 3 is 2.41 bits per heavy atom. The van der Waals surface area contributed by atoms with Gasteiger partial charge in [-0.15, -0.1) is 11.3 Å². The van der Waals surface area contributed by atoms with E-state index in [1.165, 1.54) is 18.2 Å². The summed E-state index contributed by atoms with van der Waals surface area (Å²) in [7, 11) is -2.21. The number of thiophene rings is 1. The van der Waals surface area contributed by atoms with Crippen LogP contribution in [0.25, 0.3) is 0 Å². The first-order valence-electron chi connectivity index (χ1n) is 9.33. The molecule has 2 heterocycles. The summed E-state index contributed by atoms with van der Waals surface area (Å²) < 4.78 is 26.6.